The summed E-state index contributed by atoms with van der Waals surface area (Å²) in [5, 5.41) is 16.0. The van der Waals surface area contributed by atoms with Gasteiger partial charge in [0.15, 0.2) is 17.0 Å². The van der Waals surface area contributed by atoms with Crippen molar-refractivity contribution in [3.8, 4) is 16.9 Å². The number of carbonyl (C=O) groups excluding carboxylic acids is 1. The number of aromatic nitrogens is 8. The van der Waals surface area contributed by atoms with E-state index in [0.717, 1.165) is 24.0 Å². The van der Waals surface area contributed by atoms with Crippen molar-refractivity contribution in [3.63, 3.8) is 0 Å². The number of ether oxygens (including phenoxy) is 1. The average molecular weight is 463 g/mol. The van der Waals surface area contributed by atoms with Gasteiger partial charge in [0.1, 0.15) is 0 Å². The van der Waals surface area contributed by atoms with Gasteiger partial charge < -0.3 is 15.8 Å². The van der Waals surface area contributed by atoms with Gasteiger partial charge in [-0.1, -0.05) is 5.21 Å². The number of nitrogens with two attached hydrogens (primary N) is 1. The summed E-state index contributed by atoms with van der Waals surface area (Å²) in [5.41, 5.74) is 8.46. The van der Waals surface area contributed by atoms with Crippen molar-refractivity contribution in [3.05, 3.63) is 36.9 Å². The maximum absolute atomic E-state index is 11.4. The maximum Gasteiger partial charge on any atom is 0.225 e. The Bertz CT molecular complexity index is 1280. The number of hydrogen-bond acceptors (Lipinski definition) is 9. The Morgan fingerprint density at radius 2 is 2.12 bits per heavy atom. The number of primary amides is 1. The zero-order valence-corrected chi connectivity index (χ0v) is 18.8. The third-order valence-electron chi connectivity index (χ3n) is 5.96. The van der Waals surface area contributed by atoms with Crippen LogP contribution in [-0.2, 0) is 16.1 Å². The first-order chi connectivity index (χ1) is 16.6. The molecule has 0 spiro atoms. The van der Waals surface area contributed by atoms with Gasteiger partial charge in [0.05, 0.1) is 25.5 Å². The number of anilines is 1. The molecule has 4 aromatic rings. The number of nitrogens with one attached hydrogen (secondary N) is 1. The lowest BCUT2D eigenvalue weighted by Crippen LogP contribution is -2.23. The van der Waals surface area contributed by atoms with Gasteiger partial charge in [0, 0.05) is 42.1 Å². The molecule has 2 atom stereocenters. The molecular weight excluding hydrogens is 436 g/mol. The highest BCUT2D eigenvalue weighted by atomic mass is 16.5. The third-order valence-corrected chi connectivity index (χ3v) is 5.96. The summed E-state index contributed by atoms with van der Waals surface area (Å²) in [6.07, 6.45) is 9.48. The van der Waals surface area contributed by atoms with Crippen LogP contribution >= 0.6 is 0 Å². The minimum absolute atomic E-state index is 0.103. The number of pyridine rings is 1. The standard InChI is InChI=1S/C22H26N10O2/c1-2-34-8-7-31-13-16(11-26-31)15-4-6-19(24-10-15)32-21-18(29-30-32)12-25-22(28-21)27-17-5-3-14(9-17)20(23)33/h4,6,10-14,17H,2-3,5,7-9H2,1H3,(H2,23,33)(H,25,27,28)/t14-,17?/m1/s1. The molecule has 1 fully saturated rings. The van der Waals surface area contributed by atoms with E-state index in [2.05, 4.69) is 35.7 Å². The second kappa shape index (κ2) is 9.51. The highest BCUT2D eigenvalue weighted by Crippen LogP contribution is 2.27. The number of fused-ring (bicyclic) bond motifs is 1. The molecule has 0 bridgehead atoms. The monoisotopic (exact) mass is 462 g/mol. The van der Waals surface area contributed by atoms with E-state index in [1.165, 1.54) is 0 Å². The summed E-state index contributed by atoms with van der Waals surface area (Å²) in [7, 11) is 0. The summed E-state index contributed by atoms with van der Waals surface area (Å²) >= 11 is 0. The van der Waals surface area contributed by atoms with E-state index in [1.807, 2.05) is 36.1 Å². The second-order valence-electron chi connectivity index (χ2n) is 8.25. The first kappa shape index (κ1) is 21.9. The highest BCUT2D eigenvalue weighted by Gasteiger charge is 2.29. The SMILES string of the molecule is CCOCCn1cc(-c2ccc(-n3nnc4cnc(NC5CC[C@@H](C(N)=O)C5)nc43)nc2)cn1. The van der Waals surface area contributed by atoms with E-state index in [9.17, 15) is 4.79 Å². The Hall–Kier alpha value is -3.93. The van der Waals surface area contributed by atoms with Gasteiger partial charge in [-0.05, 0) is 38.3 Å². The molecule has 4 aromatic heterocycles. The fraction of sp³-hybridized carbons (Fsp3) is 0.409. The van der Waals surface area contributed by atoms with Gasteiger partial charge >= 0.3 is 0 Å². The lowest BCUT2D eigenvalue weighted by molar-refractivity contribution is -0.121. The van der Waals surface area contributed by atoms with Crippen molar-refractivity contribution in [2.75, 3.05) is 18.5 Å². The van der Waals surface area contributed by atoms with E-state index < -0.39 is 0 Å². The molecule has 1 aliphatic rings. The zero-order chi connectivity index (χ0) is 23.5. The second-order valence-corrected chi connectivity index (χ2v) is 8.25. The van der Waals surface area contributed by atoms with Gasteiger partial charge in [0.2, 0.25) is 11.9 Å². The molecule has 176 valence electrons. The minimum atomic E-state index is -0.254. The Morgan fingerprint density at radius 3 is 2.88 bits per heavy atom. The largest absolute Gasteiger partial charge is 0.380 e. The van der Waals surface area contributed by atoms with Crippen molar-refractivity contribution < 1.29 is 9.53 Å². The van der Waals surface area contributed by atoms with Crippen molar-refractivity contribution in [2.45, 2.75) is 38.8 Å². The van der Waals surface area contributed by atoms with Gasteiger partial charge in [-0.3, -0.25) is 9.48 Å². The molecular formula is C22H26N10O2. The van der Waals surface area contributed by atoms with Crippen LogP contribution in [0.3, 0.4) is 0 Å². The Kier molecular flexibility index (Phi) is 6.12. The molecule has 1 unspecified atom stereocenters. The number of hydrogen-bond donors (Lipinski definition) is 2. The molecule has 1 aliphatic carbocycles. The number of nitrogens with zero attached hydrogens (tertiary/aromatic N) is 8. The minimum Gasteiger partial charge on any atom is -0.380 e. The molecule has 12 heteroatoms. The normalized spacial score (nSPS) is 17.9. The molecule has 1 amide bonds. The summed E-state index contributed by atoms with van der Waals surface area (Å²) < 4.78 is 8.82. The van der Waals surface area contributed by atoms with E-state index in [0.29, 0.717) is 49.1 Å². The highest BCUT2D eigenvalue weighted by molar-refractivity contribution is 5.77. The predicted molar refractivity (Wildman–Crippen MR) is 124 cm³/mol. The van der Waals surface area contributed by atoms with Crippen LogP contribution in [0.4, 0.5) is 5.95 Å². The molecule has 1 saturated carbocycles. The van der Waals surface area contributed by atoms with E-state index in [4.69, 9.17) is 10.5 Å². The molecule has 0 saturated heterocycles. The van der Waals surface area contributed by atoms with Crippen LogP contribution in [0.5, 0.6) is 0 Å². The third kappa shape index (κ3) is 4.57. The predicted octanol–water partition coefficient (Wildman–Crippen LogP) is 1.57. The zero-order valence-electron chi connectivity index (χ0n) is 18.8. The number of rotatable bonds is 9. The van der Waals surface area contributed by atoms with Crippen molar-refractivity contribution in [1.29, 1.82) is 0 Å². The van der Waals surface area contributed by atoms with Gasteiger partial charge in [-0.2, -0.15) is 14.8 Å². The smallest absolute Gasteiger partial charge is 0.225 e. The molecule has 3 N–H and O–H groups in total. The fourth-order valence-corrected chi connectivity index (χ4v) is 4.13. The molecule has 5 rings (SSSR count). The first-order valence-corrected chi connectivity index (χ1v) is 11.3. The number of carbonyl (C=O) groups is 1. The Morgan fingerprint density at radius 1 is 1.21 bits per heavy atom. The number of amides is 1. The quantitative estimate of drug-likeness (QED) is 0.353. The van der Waals surface area contributed by atoms with Crippen LogP contribution < -0.4 is 11.1 Å². The Balaban J connectivity index is 1.32. The molecule has 34 heavy (non-hydrogen) atoms. The molecule has 12 nitrogen and oxygen atoms in total. The summed E-state index contributed by atoms with van der Waals surface area (Å²) in [4.78, 5) is 24.9. The topological polar surface area (TPSA) is 152 Å². The van der Waals surface area contributed by atoms with Gasteiger partial charge in [0.25, 0.3) is 0 Å². The molecule has 0 aliphatic heterocycles. The fourth-order valence-electron chi connectivity index (χ4n) is 4.13. The summed E-state index contributed by atoms with van der Waals surface area (Å²) in [6, 6.07) is 3.93. The average Bonchev–Trinajstić information content (AvgIpc) is 3.59. The van der Waals surface area contributed by atoms with Crippen LogP contribution in [-0.4, -0.2) is 64.9 Å². The lowest BCUT2D eigenvalue weighted by Gasteiger charge is -2.12. The van der Waals surface area contributed by atoms with E-state index in [1.54, 1.807) is 17.1 Å². The lowest BCUT2D eigenvalue weighted by atomic mass is 10.1. The first-order valence-electron chi connectivity index (χ1n) is 11.3. The van der Waals surface area contributed by atoms with Crippen LogP contribution in [0.1, 0.15) is 26.2 Å². The van der Waals surface area contributed by atoms with E-state index in [-0.39, 0.29) is 17.9 Å². The van der Waals surface area contributed by atoms with Crippen LogP contribution in [0, 0.1) is 5.92 Å². The summed E-state index contributed by atoms with van der Waals surface area (Å²) in [5.74, 6) is 0.694. The van der Waals surface area contributed by atoms with Crippen LogP contribution in [0.2, 0.25) is 0 Å². The molecule has 4 heterocycles. The van der Waals surface area contributed by atoms with Gasteiger partial charge in [-0.15, -0.1) is 5.10 Å². The van der Waals surface area contributed by atoms with Crippen molar-refractivity contribution >= 4 is 23.0 Å². The van der Waals surface area contributed by atoms with Crippen molar-refractivity contribution in [1.82, 2.24) is 39.7 Å². The molecule has 0 aromatic carbocycles. The summed E-state index contributed by atoms with van der Waals surface area (Å²) in [6.45, 7) is 3.98. The Labute approximate surface area is 195 Å². The van der Waals surface area contributed by atoms with E-state index >= 15 is 0 Å². The molecule has 0 radical (unpaired) electrons. The van der Waals surface area contributed by atoms with Crippen LogP contribution in [0.25, 0.3) is 28.1 Å². The van der Waals surface area contributed by atoms with Crippen LogP contribution in [0.15, 0.2) is 36.9 Å². The maximum atomic E-state index is 11.4. The van der Waals surface area contributed by atoms with Crippen molar-refractivity contribution in [2.24, 2.45) is 11.7 Å². The van der Waals surface area contributed by atoms with Gasteiger partial charge in [-0.25, -0.2) is 9.97 Å².